The summed E-state index contributed by atoms with van der Waals surface area (Å²) in [7, 11) is 0. The third-order valence-corrected chi connectivity index (χ3v) is 4.54. The van der Waals surface area contributed by atoms with Crippen molar-refractivity contribution in [2.45, 2.75) is 5.37 Å². The number of nitrogens with zero attached hydrogens (tertiary/aromatic N) is 1. The molecule has 0 bridgehead atoms. The summed E-state index contributed by atoms with van der Waals surface area (Å²) in [6, 6.07) is 15.7. The maximum absolute atomic E-state index is 12.3. The van der Waals surface area contributed by atoms with Crippen LogP contribution in [0.15, 0.2) is 54.6 Å². The van der Waals surface area contributed by atoms with Gasteiger partial charge in [0.1, 0.15) is 11.1 Å². The first-order valence-electron chi connectivity index (χ1n) is 6.74. The Labute approximate surface area is 131 Å². The fraction of sp³-hybridized carbons (Fsp3) is 0.125. The molecule has 1 fully saturated rings. The number of benzene rings is 2. The third kappa shape index (κ3) is 2.78. The van der Waals surface area contributed by atoms with Crippen LogP contribution in [-0.4, -0.2) is 27.7 Å². The summed E-state index contributed by atoms with van der Waals surface area (Å²) in [4.78, 5) is 24.3. The van der Waals surface area contributed by atoms with Gasteiger partial charge in [-0.25, -0.2) is 5.01 Å². The number of hydrogen-bond donors (Lipinski definition) is 2. The second-order valence-corrected chi connectivity index (χ2v) is 5.86. The monoisotopic (exact) mass is 314 g/mol. The molecule has 2 N–H and O–H groups in total. The molecule has 1 atom stereocenters. The Hall–Kier alpha value is -2.47. The van der Waals surface area contributed by atoms with E-state index in [1.54, 1.807) is 12.1 Å². The summed E-state index contributed by atoms with van der Waals surface area (Å²) in [5.74, 6) is -0.478. The van der Waals surface area contributed by atoms with E-state index in [1.165, 1.54) is 28.9 Å². The highest BCUT2D eigenvalue weighted by atomic mass is 32.2. The fourth-order valence-electron chi connectivity index (χ4n) is 2.24. The predicted molar refractivity (Wildman–Crippen MR) is 84.1 cm³/mol. The Bertz CT molecular complexity index is 706. The van der Waals surface area contributed by atoms with Crippen molar-refractivity contribution in [2.24, 2.45) is 0 Å². The number of carbonyl (C=O) groups is 2. The van der Waals surface area contributed by atoms with E-state index >= 15 is 0 Å². The molecule has 3 rings (SSSR count). The maximum Gasteiger partial charge on any atom is 0.273 e. The van der Waals surface area contributed by atoms with Gasteiger partial charge in [0, 0.05) is 0 Å². The molecule has 5 nitrogen and oxygen atoms in total. The van der Waals surface area contributed by atoms with E-state index in [0.29, 0.717) is 5.75 Å². The zero-order valence-corrected chi connectivity index (χ0v) is 12.4. The molecular weight excluding hydrogens is 300 g/mol. The lowest BCUT2D eigenvalue weighted by molar-refractivity contribution is -0.130. The van der Waals surface area contributed by atoms with Crippen molar-refractivity contribution in [2.75, 3.05) is 5.75 Å². The van der Waals surface area contributed by atoms with Gasteiger partial charge in [-0.2, -0.15) is 0 Å². The van der Waals surface area contributed by atoms with Crippen LogP contribution in [0.5, 0.6) is 5.75 Å². The molecule has 22 heavy (non-hydrogen) atoms. The standard InChI is InChI=1S/C16H14N2O3S/c19-13-9-5-4-8-12(13)15(21)17-18-14(20)10-22-16(18)11-6-2-1-3-7-11/h1-9,16,19H,10H2,(H,17,21). The van der Waals surface area contributed by atoms with Crippen molar-refractivity contribution < 1.29 is 14.7 Å². The molecule has 2 amide bonds. The third-order valence-electron chi connectivity index (χ3n) is 3.32. The van der Waals surface area contributed by atoms with E-state index in [9.17, 15) is 14.7 Å². The number of nitrogens with one attached hydrogen (secondary N) is 1. The largest absolute Gasteiger partial charge is 0.507 e. The minimum atomic E-state index is -0.505. The van der Waals surface area contributed by atoms with Gasteiger partial charge in [0.05, 0.1) is 11.3 Å². The summed E-state index contributed by atoms with van der Waals surface area (Å²) in [5.41, 5.74) is 3.68. The average molecular weight is 314 g/mol. The molecule has 0 radical (unpaired) electrons. The number of para-hydroxylation sites is 1. The van der Waals surface area contributed by atoms with Crippen LogP contribution in [0.25, 0.3) is 0 Å². The summed E-state index contributed by atoms with van der Waals surface area (Å²) < 4.78 is 0. The van der Waals surface area contributed by atoms with Crippen LogP contribution < -0.4 is 5.43 Å². The number of rotatable bonds is 3. The molecule has 0 aromatic heterocycles. The molecule has 2 aromatic rings. The van der Waals surface area contributed by atoms with Gasteiger partial charge in [-0.15, -0.1) is 11.8 Å². The van der Waals surface area contributed by atoms with E-state index in [-0.39, 0.29) is 22.6 Å². The molecule has 1 saturated heterocycles. The minimum Gasteiger partial charge on any atom is -0.507 e. The number of aromatic hydroxyl groups is 1. The molecule has 1 aliphatic rings. The highest BCUT2D eigenvalue weighted by molar-refractivity contribution is 8.00. The summed E-state index contributed by atoms with van der Waals surface area (Å²) in [6.07, 6.45) is 0. The van der Waals surface area contributed by atoms with Gasteiger partial charge in [-0.1, -0.05) is 42.5 Å². The first-order valence-corrected chi connectivity index (χ1v) is 7.79. The van der Waals surface area contributed by atoms with E-state index in [1.807, 2.05) is 30.3 Å². The van der Waals surface area contributed by atoms with Crippen molar-refractivity contribution in [3.63, 3.8) is 0 Å². The zero-order chi connectivity index (χ0) is 15.5. The lowest BCUT2D eigenvalue weighted by Gasteiger charge is -2.24. The number of phenolic OH excluding ortho intramolecular Hbond substituents is 1. The van der Waals surface area contributed by atoms with E-state index < -0.39 is 5.91 Å². The van der Waals surface area contributed by atoms with E-state index in [2.05, 4.69) is 5.43 Å². The van der Waals surface area contributed by atoms with Crippen molar-refractivity contribution in [3.05, 3.63) is 65.7 Å². The van der Waals surface area contributed by atoms with Crippen LogP contribution in [0.1, 0.15) is 21.3 Å². The second-order valence-electron chi connectivity index (χ2n) is 4.80. The quantitative estimate of drug-likeness (QED) is 0.912. The normalized spacial score (nSPS) is 17.5. The minimum absolute atomic E-state index is 0.115. The van der Waals surface area contributed by atoms with Crippen molar-refractivity contribution in [1.82, 2.24) is 10.4 Å². The van der Waals surface area contributed by atoms with Crippen molar-refractivity contribution in [3.8, 4) is 5.75 Å². The SMILES string of the molecule is O=C(NN1C(=O)CSC1c1ccccc1)c1ccccc1O. The van der Waals surface area contributed by atoms with Gasteiger partial charge in [0.2, 0.25) is 0 Å². The number of carbonyl (C=O) groups excluding carboxylic acids is 2. The van der Waals surface area contributed by atoms with Crippen LogP contribution in [0.3, 0.4) is 0 Å². The van der Waals surface area contributed by atoms with Gasteiger partial charge >= 0.3 is 0 Å². The molecule has 6 heteroatoms. The van der Waals surface area contributed by atoms with Crippen LogP contribution in [0, 0.1) is 0 Å². The molecular formula is C16H14N2O3S. The molecule has 2 aromatic carbocycles. The number of amides is 2. The Kier molecular flexibility index (Phi) is 4.02. The van der Waals surface area contributed by atoms with Crippen molar-refractivity contribution >= 4 is 23.6 Å². The highest BCUT2D eigenvalue weighted by Crippen LogP contribution is 2.37. The Morgan fingerprint density at radius 3 is 2.55 bits per heavy atom. The first-order chi connectivity index (χ1) is 10.7. The van der Waals surface area contributed by atoms with Crippen LogP contribution in [0.2, 0.25) is 0 Å². The van der Waals surface area contributed by atoms with Gasteiger partial charge < -0.3 is 5.11 Å². The topological polar surface area (TPSA) is 69.6 Å². The molecule has 1 heterocycles. The second kappa shape index (κ2) is 6.11. The Morgan fingerprint density at radius 1 is 1.14 bits per heavy atom. The van der Waals surface area contributed by atoms with Crippen LogP contribution in [-0.2, 0) is 4.79 Å². The average Bonchev–Trinajstić information content (AvgIpc) is 2.89. The van der Waals surface area contributed by atoms with Crippen molar-refractivity contribution in [1.29, 1.82) is 0 Å². The molecule has 1 unspecified atom stereocenters. The van der Waals surface area contributed by atoms with E-state index in [4.69, 9.17) is 0 Å². The number of hydrazine groups is 1. The summed E-state index contributed by atoms with van der Waals surface area (Å²) in [6.45, 7) is 0. The highest BCUT2D eigenvalue weighted by Gasteiger charge is 2.34. The van der Waals surface area contributed by atoms with Crippen LogP contribution in [0.4, 0.5) is 0 Å². The summed E-state index contributed by atoms with van der Waals surface area (Å²) in [5, 5.41) is 10.8. The van der Waals surface area contributed by atoms with Gasteiger partial charge in [0.25, 0.3) is 11.8 Å². The zero-order valence-electron chi connectivity index (χ0n) is 11.6. The number of phenols is 1. The van der Waals surface area contributed by atoms with Gasteiger partial charge in [0.15, 0.2) is 0 Å². The van der Waals surface area contributed by atoms with Gasteiger partial charge in [-0.05, 0) is 17.7 Å². The lowest BCUT2D eigenvalue weighted by atomic mass is 10.2. The molecule has 0 aliphatic carbocycles. The molecule has 1 aliphatic heterocycles. The van der Waals surface area contributed by atoms with Gasteiger partial charge in [-0.3, -0.25) is 15.0 Å². The predicted octanol–water partition coefficient (Wildman–Crippen LogP) is 2.31. The maximum atomic E-state index is 12.3. The molecule has 0 spiro atoms. The Balaban J connectivity index is 1.82. The smallest absolute Gasteiger partial charge is 0.273 e. The molecule has 0 saturated carbocycles. The first kappa shape index (κ1) is 14.5. The number of thioether (sulfide) groups is 1. The Morgan fingerprint density at radius 2 is 1.82 bits per heavy atom. The lowest BCUT2D eigenvalue weighted by Crippen LogP contribution is -2.44. The number of hydrogen-bond acceptors (Lipinski definition) is 4. The summed E-state index contributed by atoms with van der Waals surface area (Å²) >= 11 is 1.45. The fourth-order valence-corrected chi connectivity index (χ4v) is 3.35. The molecule has 112 valence electrons. The van der Waals surface area contributed by atoms with E-state index in [0.717, 1.165) is 5.56 Å². The van der Waals surface area contributed by atoms with Crippen LogP contribution >= 0.6 is 11.8 Å².